The quantitative estimate of drug-likeness (QED) is 0.488. The fourth-order valence-electron chi connectivity index (χ4n) is 0.203. The molecule has 1 N–H and O–H groups in total. The van der Waals surface area contributed by atoms with Gasteiger partial charge in [0.2, 0.25) is 5.91 Å². The maximum atomic E-state index is 9.90. The van der Waals surface area contributed by atoms with Gasteiger partial charge in [0.1, 0.15) is 0 Å². The minimum atomic E-state index is -0.0162. The van der Waals surface area contributed by atoms with Crippen molar-refractivity contribution in [3.05, 3.63) is 6.54 Å². The molecule has 0 aromatic rings. The molecule has 0 saturated carbocycles. The molecule has 0 unspecified atom stereocenters. The Balaban J connectivity index is 2.83. The minimum absolute atomic E-state index is 0.0162. The molecule has 1 radical (unpaired) electrons. The fraction of sp³-hybridized carbons (Fsp3) is 0.500. The van der Waals surface area contributed by atoms with Crippen molar-refractivity contribution in [2.75, 3.05) is 0 Å². The summed E-state index contributed by atoms with van der Waals surface area (Å²) in [7, 11) is 0. The molecular formula is C4H8NO. The van der Waals surface area contributed by atoms with Crippen molar-refractivity contribution in [3.63, 3.8) is 0 Å². The van der Waals surface area contributed by atoms with E-state index in [1.807, 2.05) is 0 Å². The SMILES string of the molecule is C[CH]NC(C)=O. The van der Waals surface area contributed by atoms with Gasteiger partial charge in [-0.1, -0.05) is 0 Å². The number of hydrogen-bond donors (Lipinski definition) is 1. The van der Waals surface area contributed by atoms with Crippen LogP contribution >= 0.6 is 0 Å². The summed E-state index contributed by atoms with van der Waals surface area (Å²) in [4.78, 5) is 9.90. The van der Waals surface area contributed by atoms with Gasteiger partial charge in [0.25, 0.3) is 0 Å². The monoisotopic (exact) mass is 86.1 g/mol. The number of hydrogen-bond acceptors (Lipinski definition) is 1. The number of nitrogens with one attached hydrogen (secondary N) is 1. The summed E-state index contributed by atoms with van der Waals surface area (Å²) in [6, 6.07) is 0. The molecule has 35 valence electrons. The molecule has 2 heteroatoms. The standard InChI is InChI=1S/C4H8NO/c1-3-5-4(2)6/h3H,1-2H3,(H,5,6). The van der Waals surface area contributed by atoms with E-state index in [1.54, 1.807) is 13.5 Å². The Labute approximate surface area is 37.5 Å². The molecule has 0 aliphatic rings. The van der Waals surface area contributed by atoms with E-state index in [-0.39, 0.29) is 5.91 Å². The van der Waals surface area contributed by atoms with Gasteiger partial charge >= 0.3 is 0 Å². The third kappa shape index (κ3) is 3.47. The molecule has 0 rings (SSSR count). The van der Waals surface area contributed by atoms with E-state index in [2.05, 4.69) is 5.32 Å². The van der Waals surface area contributed by atoms with Gasteiger partial charge in [0, 0.05) is 13.5 Å². The van der Waals surface area contributed by atoms with Crippen molar-refractivity contribution in [2.24, 2.45) is 0 Å². The van der Waals surface area contributed by atoms with Gasteiger partial charge in [-0.05, 0) is 6.92 Å². The highest BCUT2D eigenvalue weighted by Gasteiger charge is 1.79. The van der Waals surface area contributed by atoms with Crippen LogP contribution in [-0.4, -0.2) is 5.91 Å². The van der Waals surface area contributed by atoms with Crippen LogP contribution in [0.25, 0.3) is 0 Å². The Kier molecular flexibility index (Phi) is 2.46. The van der Waals surface area contributed by atoms with Crippen LogP contribution in [0.5, 0.6) is 0 Å². The van der Waals surface area contributed by atoms with Crippen molar-refractivity contribution in [1.29, 1.82) is 0 Å². The largest absolute Gasteiger partial charge is 0.352 e. The van der Waals surface area contributed by atoms with Crippen molar-refractivity contribution in [1.82, 2.24) is 5.32 Å². The number of carbonyl (C=O) groups excluding carboxylic acids is 1. The highest BCUT2D eigenvalue weighted by Crippen LogP contribution is 1.60. The summed E-state index contributed by atoms with van der Waals surface area (Å²) in [5.74, 6) is -0.0162. The van der Waals surface area contributed by atoms with Crippen LogP contribution in [0.4, 0.5) is 0 Å². The molecule has 0 saturated heterocycles. The fourth-order valence-corrected chi connectivity index (χ4v) is 0.203. The molecule has 0 heterocycles. The number of rotatable bonds is 1. The molecule has 0 aromatic carbocycles. The highest BCUT2D eigenvalue weighted by atomic mass is 16.1. The van der Waals surface area contributed by atoms with Gasteiger partial charge in [0.15, 0.2) is 0 Å². The second kappa shape index (κ2) is 2.69. The molecule has 0 fully saturated rings. The Hall–Kier alpha value is -0.530. The van der Waals surface area contributed by atoms with Crippen LogP contribution in [0, 0.1) is 6.54 Å². The lowest BCUT2D eigenvalue weighted by Gasteiger charge is -1.88. The minimum Gasteiger partial charge on any atom is -0.352 e. The van der Waals surface area contributed by atoms with Crippen LogP contribution < -0.4 is 5.32 Å². The van der Waals surface area contributed by atoms with E-state index in [0.717, 1.165) is 0 Å². The first-order valence-corrected chi connectivity index (χ1v) is 1.82. The van der Waals surface area contributed by atoms with Gasteiger partial charge in [-0.15, -0.1) is 0 Å². The third-order valence-corrected chi connectivity index (χ3v) is 0.348. The maximum Gasteiger partial charge on any atom is 0.217 e. The molecule has 0 aliphatic carbocycles. The van der Waals surface area contributed by atoms with Crippen LogP contribution in [-0.2, 0) is 4.79 Å². The third-order valence-electron chi connectivity index (χ3n) is 0.348. The van der Waals surface area contributed by atoms with Gasteiger partial charge in [-0.3, -0.25) is 4.79 Å². The Morgan fingerprint density at radius 2 is 2.33 bits per heavy atom. The van der Waals surface area contributed by atoms with Crippen LogP contribution in [0.3, 0.4) is 0 Å². The van der Waals surface area contributed by atoms with Gasteiger partial charge in [0.05, 0.1) is 0 Å². The molecule has 0 bridgehead atoms. The maximum absolute atomic E-state index is 9.90. The molecule has 2 nitrogen and oxygen atoms in total. The number of amides is 1. The second-order valence-electron chi connectivity index (χ2n) is 0.989. The van der Waals surface area contributed by atoms with E-state index in [0.29, 0.717) is 0 Å². The molecule has 0 aliphatic heterocycles. The van der Waals surface area contributed by atoms with Crippen LogP contribution in [0.2, 0.25) is 0 Å². The Morgan fingerprint density at radius 1 is 1.83 bits per heavy atom. The summed E-state index contributed by atoms with van der Waals surface area (Å²) >= 11 is 0. The average Bonchev–Trinajstić information content (AvgIpc) is 1.35. The first kappa shape index (κ1) is 5.47. The summed E-state index contributed by atoms with van der Waals surface area (Å²) in [6.45, 7) is 4.84. The second-order valence-corrected chi connectivity index (χ2v) is 0.989. The zero-order valence-corrected chi connectivity index (χ0v) is 3.99. The topological polar surface area (TPSA) is 29.1 Å². The van der Waals surface area contributed by atoms with Gasteiger partial charge < -0.3 is 5.32 Å². The van der Waals surface area contributed by atoms with E-state index in [4.69, 9.17) is 0 Å². The van der Waals surface area contributed by atoms with Gasteiger partial charge in [-0.25, -0.2) is 0 Å². The Bertz CT molecular complexity index is 51.5. The predicted octanol–water partition coefficient (Wildman–Crippen LogP) is 0.304. The van der Waals surface area contributed by atoms with E-state index < -0.39 is 0 Å². The smallest absolute Gasteiger partial charge is 0.217 e. The first-order chi connectivity index (χ1) is 2.77. The molecule has 1 amide bonds. The molecule has 0 aromatic heterocycles. The van der Waals surface area contributed by atoms with Gasteiger partial charge in [-0.2, -0.15) is 0 Å². The number of carbonyl (C=O) groups is 1. The normalized spacial score (nSPS) is 7.67. The first-order valence-electron chi connectivity index (χ1n) is 1.82. The van der Waals surface area contributed by atoms with Crippen molar-refractivity contribution >= 4 is 5.91 Å². The summed E-state index contributed by atoms with van der Waals surface area (Å²) in [6.07, 6.45) is 0. The zero-order chi connectivity index (χ0) is 4.99. The lowest BCUT2D eigenvalue weighted by atomic mass is 10.6. The zero-order valence-electron chi connectivity index (χ0n) is 3.99. The summed E-state index contributed by atoms with van der Waals surface area (Å²) in [5, 5.41) is 2.44. The van der Waals surface area contributed by atoms with Crippen molar-refractivity contribution in [3.8, 4) is 0 Å². The van der Waals surface area contributed by atoms with Crippen LogP contribution in [0.15, 0.2) is 0 Å². The Morgan fingerprint density at radius 3 is 2.33 bits per heavy atom. The lowest BCUT2D eigenvalue weighted by Crippen LogP contribution is -2.13. The van der Waals surface area contributed by atoms with Crippen molar-refractivity contribution in [2.45, 2.75) is 13.8 Å². The molecular weight excluding hydrogens is 78.0 g/mol. The summed E-state index contributed by atoms with van der Waals surface area (Å²) < 4.78 is 0. The highest BCUT2D eigenvalue weighted by molar-refractivity contribution is 5.73. The molecule has 0 spiro atoms. The van der Waals surface area contributed by atoms with E-state index in [9.17, 15) is 4.79 Å². The van der Waals surface area contributed by atoms with Crippen molar-refractivity contribution < 1.29 is 4.79 Å². The lowest BCUT2D eigenvalue weighted by molar-refractivity contribution is -0.118. The van der Waals surface area contributed by atoms with Crippen LogP contribution in [0.1, 0.15) is 13.8 Å². The van der Waals surface area contributed by atoms with E-state index >= 15 is 0 Å². The summed E-state index contributed by atoms with van der Waals surface area (Å²) in [5.41, 5.74) is 0. The molecule has 0 atom stereocenters. The predicted molar refractivity (Wildman–Crippen MR) is 23.8 cm³/mol. The molecule has 6 heavy (non-hydrogen) atoms. The average molecular weight is 86.1 g/mol. The van der Waals surface area contributed by atoms with E-state index in [1.165, 1.54) is 6.92 Å².